The quantitative estimate of drug-likeness (QED) is 0.854. The molecule has 2 saturated heterocycles. The summed E-state index contributed by atoms with van der Waals surface area (Å²) in [4.78, 5) is 26.5. The van der Waals surface area contributed by atoms with E-state index in [1.54, 1.807) is 4.90 Å². The molecule has 5 nitrogen and oxygen atoms in total. The highest BCUT2D eigenvalue weighted by molar-refractivity contribution is 5.95. The van der Waals surface area contributed by atoms with Gasteiger partial charge in [-0.15, -0.1) is 0 Å². The number of ether oxygens (including phenoxy) is 1. The van der Waals surface area contributed by atoms with Gasteiger partial charge in [0.25, 0.3) is 0 Å². The Hall–Kier alpha value is -1.10. The van der Waals surface area contributed by atoms with Crippen molar-refractivity contribution in [3.63, 3.8) is 0 Å². The van der Waals surface area contributed by atoms with E-state index in [1.807, 2.05) is 0 Å². The Morgan fingerprint density at radius 3 is 2.62 bits per heavy atom. The molecule has 5 heteroatoms. The molecule has 0 bridgehead atoms. The van der Waals surface area contributed by atoms with Gasteiger partial charge >= 0.3 is 0 Å². The highest BCUT2D eigenvalue weighted by atomic mass is 16.5. The first kappa shape index (κ1) is 14.8. The zero-order chi connectivity index (χ0) is 14.8. The largest absolute Gasteiger partial charge is 0.378 e. The molecule has 2 heterocycles. The molecule has 0 spiro atoms. The van der Waals surface area contributed by atoms with E-state index in [0.29, 0.717) is 18.4 Å². The van der Waals surface area contributed by atoms with E-state index >= 15 is 0 Å². The van der Waals surface area contributed by atoms with Gasteiger partial charge in [0, 0.05) is 19.1 Å². The summed E-state index contributed by atoms with van der Waals surface area (Å²) >= 11 is 0. The summed E-state index contributed by atoms with van der Waals surface area (Å²) in [5, 5.41) is 2.94. The molecule has 3 unspecified atom stereocenters. The summed E-state index contributed by atoms with van der Waals surface area (Å²) in [5.74, 6) is 0.819. The molecule has 3 fully saturated rings. The molecule has 3 aliphatic rings. The fourth-order valence-corrected chi connectivity index (χ4v) is 3.97. The minimum atomic E-state index is -0.288. The molecule has 1 N–H and O–H groups in total. The molecular weight excluding hydrogens is 268 g/mol. The number of hydrogen-bond acceptors (Lipinski definition) is 3. The molecule has 1 aliphatic carbocycles. The van der Waals surface area contributed by atoms with Gasteiger partial charge in [0.2, 0.25) is 11.8 Å². The third-order valence-electron chi connectivity index (χ3n) is 5.34. The molecule has 2 aliphatic heterocycles. The molecule has 2 amide bonds. The van der Waals surface area contributed by atoms with E-state index < -0.39 is 0 Å². The molecule has 21 heavy (non-hydrogen) atoms. The number of rotatable bonds is 3. The predicted molar refractivity (Wildman–Crippen MR) is 78.6 cm³/mol. The Kier molecular flexibility index (Phi) is 4.48. The summed E-state index contributed by atoms with van der Waals surface area (Å²) in [6, 6.07) is -0.288. The number of nitrogens with one attached hydrogen (secondary N) is 1. The van der Waals surface area contributed by atoms with Crippen molar-refractivity contribution in [3.05, 3.63) is 0 Å². The van der Waals surface area contributed by atoms with Gasteiger partial charge in [-0.25, -0.2) is 0 Å². The minimum absolute atomic E-state index is 0.00302. The number of piperazine rings is 1. The molecule has 0 radical (unpaired) electrons. The molecule has 0 aromatic carbocycles. The fraction of sp³-hybridized carbons (Fsp3) is 0.875. The average Bonchev–Trinajstić information content (AvgIpc) is 2.89. The molecule has 3 atom stereocenters. The van der Waals surface area contributed by atoms with Crippen LogP contribution in [0.4, 0.5) is 0 Å². The Morgan fingerprint density at radius 2 is 1.95 bits per heavy atom. The van der Waals surface area contributed by atoms with Gasteiger partial charge in [-0.2, -0.15) is 0 Å². The standard InChI is InChI=1S/C16H26N2O3/c1-11-13(7-8-21-11)9-18-10-14(19)17-15(16(18)20)12-5-3-2-4-6-12/h11-13,15H,2-10H2,1H3,(H,17,19). The maximum Gasteiger partial charge on any atom is 0.245 e. The van der Waals surface area contributed by atoms with Crippen molar-refractivity contribution in [2.45, 2.75) is 57.6 Å². The second-order valence-electron chi connectivity index (χ2n) is 6.79. The van der Waals surface area contributed by atoms with Crippen LogP contribution in [0.25, 0.3) is 0 Å². The zero-order valence-corrected chi connectivity index (χ0v) is 12.8. The maximum atomic E-state index is 12.7. The van der Waals surface area contributed by atoms with E-state index in [1.165, 1.54) is 19.3 Å². The second kappa shape index (κ2) is 6.34. The topological polar surface area (TPSA) is 58.6 Å². The normalized spacial score (nSPS) is 35.1. The van der Waals surface area contributed by atoms with Crippen LogP contribution in [0, 0.1) is 11.8 Å². The van der Waals surface area contributed by atoms with Gasteiger partial charge in [-0.05, 0) is 32.1 Å². The number of carbonyl (C=O) groups is 2. The minimum Gasteiger partial charge on any atom is -0.378 e. The van der Waals surface area contributed by atoms with E-state index in [0.717, 1.165) is 25.9 Å². The van der Waals surface area contributed by atoms with Crippen LogP contribution in [0.15, 0.2) is 0 Å². The van der Waals surface area contributed by atoms with E-state index in [2.05, 4.69) is 12.2 Å². The smallest absolute Gasteiger partial charge is 0.245 e. The third kappa shape index (κ3) is 3.23. The van der Waals surface area contributed by atoms with Crippen LogP contribution >= 0.6 is 0 Å². The Balaban J connectivity index is 1.66. The van der Waals surface area contributed by atoms with Crippen LogP contribution in [0.3, 0.4) is 0 Å². The Morgan fingerprint density at radius 1 is 1.19 bits per heavy atom. The summed E-state index contributed by atoms with van der Waals surface area (Å²) < 4.78 is 5.57. The maximum absolute atomic E-state index is 12.7. The highest BCUT2D eigenvalue weighted by Gasteiger charge is 2.39. The predicted octanol–water partition coefficient (Wildman–Crippen LogP) is 1.32. The monoisotopic (exact) mass is 294 g/mol. The zero-order valence-electron chi connectivity index (χ0n) is 12.8. The summed E-state index contributed by atoms with van der Waals surface area (Å²) in [6.07, 6.45) is 6.92. The lowest BCUT2D eigenvalue weighted by Crippen LogP contribution is -2.61. The number of amides is 2. The van der Waals surface area contributed by atoms with Gasteiger partial charge in [-0.3, -0.25) is 9.59 Å². The van der Waals surface area contributed by atoms with Crippen LogP contribution in [-0.2, 0) is 14.3 Å². The van der Waals surface area contributed by atoms with Crippen molar-refractivity contribution in [3.8, 4) is 0 Å². The average molecular weight is 294 g/mol. The highest BCUT2D eigenvalue weighted by Crippen LogP contribution is 2.29. The summed E-state index contributed by atoms with van der Waals surface area (Å²) in [5.41, 5.74) is 0. The van der Waals surface area contributed by atoms with Gasteiger partial charge in [0.05, 0.1) is 12.6 Å². The first-order valence-corrected chi connectivity index (χ1v) is 8.35. The van der Waals surface area contributed by atoms with Crippen molar-refractivity contribution < 1.29 is 14.3 Å². The molecule has 3 rings (SSSR count). The fourth-order valence-electron chi connectivity index (χ4n) is 3.97. The Labute approximate surface area is 126 Å². The Bertz CT molecular complexity index is 406. The van der Waals surface area contributed by atoms with Crippen molar-refractivity contribution in [1.82, 2.24) is 10.2 Å². The van der Waals surface area contributed by atoms with Crippen LogP contribution in [0.2, 0.25) is 0 Å². The molecule has 118 valence electrons. The molecular formula is C16H26N2O3. The lowest BCUT2D eigenvalue weighted by Gasteiger charge is -2.39. The molecule has 1 saturated carbocycles. The van der Waals surface area contributed by atoms with Crippen LogP contribution in [-0.4, -0.2) is 48.6 Å². The van der Waals surface area contributed by atoms with Crippen LogP contribution in [0.1, 0.15) is 45.4 Å². The lowest BCUT2D eigenvalue weighted by atomic mass is 9.82. The van der Waals surface area contributed by atoms with Gasteiger partial charge < -0.3 is 15.0 Å². The lowest BCUT2D eigenvalue weighted by molar-refractivity contribution is -0.147. The van der Waals surface area contributed by atoms with Crippen molar-refractivity contribution in [2.24, 2.45) is 11.8 Å². The van der Waals surface area contributed by atoms with E-state index in [4.69, 9.17) is 4.74 Å². The van der Waals surface area contributed by atoms with Gasteiger partial charge in [0.1, 0.15) is 6.04 Å². The number of nitrogens with zero attached hydrogens (tertiary/aromatic N) is 1. The van der Waals surface area contributed by atoms with E-state index in [-0.39, 0.29) is 30.5 Å². The van der Waals surface area contributed by atoms with Crippen molar-refractivity contribution >= 4 is 11.8 Å². The number of hydrogen-bond donors (Lipinski definition) is 1. The third-order valence-corrected chi connectivity index (χ3v) is 5.34. The van der Waals surface area contributed by atoms with Crippen molar-refractivity contribution in [2.75, 3.05) is 19.7 Å². The summed E-state index contributed by atoms with van der Waals surface area (Å²) in [7, 11) is 0. The van der Waals surface area contributed by atoms with E-state index in [9.17, 15) is 9.59 Å². The van der Waals surface area contributed by atoms with Crippen LogP contribution in [0.5, 0.6) is 0 Å². The van der Waals surface area contributed by atoms with Gasteiger partial charge in [-0.1, -0.05) is 19.3 Å². The second-order valence-corrected chi connectivity index (χ2v) is 6.79. The first-order chi connectivity index (χ1) is 10.1. The number of carbonyl (C=O) groups excluding carboxylic acids is 2. The SMILES string of the molecule is CC1OCCC1CN1CC(=O)NC(C2CCCCC2)C1=O. The van der Waals surface area contributed by atoms with Crippen molar-refractivity contribution in [1.29, 1.82) is 0 Å². The molecule has 0 aromatic rings. The van der Waals surface area contributed by atoms with Crippen LogP contribution < -0.4 is 5.32 Å². The summed E-state index contributed by atoms with van der Waals surface area (Å²) in [6.45, 7) is 3.71. The first-order valence-electron chi connectivity index (χ1n) is 8.35. The van der Waals surface area contributed by atoms with Gasteiger partial charge in [0.15, 0.2) is 0 Å². The molecule has 0 aromatic heterocycles.